The summed E-state index contributed by atoms with van der Waals surface area (Å²) >= 11 is 0. The number of nitrogens with one attached hydrogen (secondary N) is 1. The van der Waals surface area contributed by atoms with Gasteiger partial charge in [0.05, 0.1) is 7.11 Å². The molecule has 1 unspecified atom stereocenters. The van der Waals surface area contributed by atoms with E-state index < -0.39 is 30.1 Å². The van der Waals surface area contributed by atoms with E-state index in [-0.39, 0.29) is 0 Å². The fourth-order valence-electron chi connectivity index (χ4n) is 1.77. The lowest BCUT2D eigenvalue weighted by molar-refractivity contribution is -0.142. The van der Waals surface area contributed by atoms with Gasteiger partial charge in [0.1, 0.15) is 12.1 Å². The van der Waals surface area contributed by atoms with Gasteiger partial charge in [0.15, 0.2) is 0 Å². The Morgan fingerprint density at radius 2 is 2.12 bits per heavy atom. The van der Waals surface area contributed by atoms with Crippen LogP contribution in [0.1, 0.15) is 19.8 Å². The summed E-state index contributed by atoms with van der Waals surface area (Å²) in [5, 5.41) is 11.3. The van der Waals surface area contributed by atoms with Gasteiger partial charge in [-0.15, -0.1) is 0 Å². The molecule has 0 aromatic carbocycles. The van der Waals surface area contributed by atoms with E-state index in [0.717, 1.165) is 0 Å². The van der Waals surface area contributed by atoms with Crippen LogP contribution in [0.15, 0.2) is 0 Å². The van der Waals surface area contributed by atoms with Crippen molar-refractivity contribution < 1.29 is 24.2 Å². The maximum atomic E-state index is 11.7. The van der Waals surface area contributed by atoms with Crippen LogP contribution in [0.25, 0.3) is 0 Å². The van der Waals surface area contributed by atoms with Crippen LogP contribution in [0.3, 0.4) is 0 Å². The number of carbonyl (C=O) groups is 3. The van der Waals surface area contributed by atoms with E-state index in [1.54, 1.807) is 0 Å². The summed E-state index contributed by atoms with van der Waals surface area (Å²) in [7, 11) is 1.22. The molecule has 1 saturated heterocycles. The maximum Gasteiger partial charge on any atom is 0.328 e. The van der Waals surface area contributed by atoms with Crippen molar-refractivity contribution in [1.29, 1.82) is 0 Å². The summed E-state index contributed by atoms with van der Waals surface area (Å²) in [6, 6.07) is -2.14. The third-order valence-electron chi connectivity index (χ3n) is 2.69. The molecule has 0 saturated carbocycles. The number of rotatable bonds is 3. The molecule has 1 rings (SSSR count). The lowest BCUT2D eigenvalue weighted by Gasteiger charge is -2.23. The van der Waals surface area contributed by atoms with E-state index >= 15 is 0 Å². The van der Waals surface area contributed by atoms with Gasteiger partial charge < -0.3 is 20.1 Å². The molecular formula is C10H16N2O5. The van der Waals surface area contributed by atoms with Gasteiger partial charge in [-0.25, -0.2) is 14.4 Å². The average molecular weight is 244 g/mol. The number of carboxylic acids is 1. The highest BCUT2D eigenvalue weighted by molar-refractivity contribution is 5.86. The summed E-state index contributed by atoms with van der Waals surface area (Å²) in [4.78, 5) is 34.9. The van der Waals surface area contributed by atoms with Crippen molar-refractivity contribution >= 4 is 18.0 Å². The standard InChI is InChI=1S/C10H16N2O5/c1-6(9(15)17-2)11-10(16)12-5-3-4-7(12)8(13)14/h6-7H,3-5H2,1-2H3,(H,11,16)(H,13,14)/t6?,7-/m0/s1. The third kappa shape index (κ3) is 3.08. The smallest absolute Gasteiger partial charge is 0.328 e. The lowest BCUT2D eigenvalue weighted by atomic mass is 10.2. The molecular weight excluding hydrogens is 228 g/mol. The molecule has 2 atom stereocenters. The Balaban J connectivity index is 2.58. The monoisotopic (exact) mass is 244 g/mol. The molecule has 17 heavy (non-hydrogen) atoms. The van der Waals surface area contributed by atoms with Crippen LogP contribution in [0.4, 0.5) is 4.79 Å². The average Bonchev–Trinajstić information content (AvgIpc) is 2.76. The summed E-state index contributed by atoms with van der Waals surface area (Å²) < 4.78 is 4.46. The van der Waals surface area contributed by atoms with E-state index in [2.05, 4.69) is 10.1 Å². The number of hydrogen-bond donors (Lipinski definition) is 2. The molecule has 0 aromatic heterocycles. The molecule has 0 radical (unpaired) electrons. The Morgan fingerprint density at radius 1 is 1.47 bits per heavy atom. The SMILES string of the molecule is COC(=O)C(C)NC(=O)N1CCC[C@H]1C(=O)O. The van der Waals surface area contributed by atoms with Gasteiger partial charge in [-0.3, -0.25) is 0 Å². The minimum atomic E-state index is -1.02. The molecule has 7 nitrogen and oxygen atoms in total. The second kappa shape index (κ2) is 5.51. The zero-order valence-corrected chi connectivity index (χ0v) is 9.80. The van der Waals surface area contributed by atoms with E-state index in [9.17, 15) is 14.4 Å². The van der Waals surface area contributed by atoms with Crippen LogP contribution in [0.5, 0.6) is 0 Å². The molecule has 1 fully saturated rings. The molecule has 2 N–H and O–H groups in total. The Morgan fingerprint density at radius 3 is 2.65 bits per heavy atom. The van der Waals surface area contributed by atoms with Gasteiger partial charge >= 0.3 is 18.0 Å². The van der Waals surface area contributed by atoms with Gasteiger partial charge in [0.25, 0.3) is 0 Å². The van der Waals surface area contributed by atoms with Gasteiger partial charge in [0, 0.05) is 6.54 Å². The normalized spacial score (nSPS) is 20.8. The van der Waals surface area contributed by atoms with E-state index in [0.29, 0.717) is 19.4 Å². The van der Waals surface area contributed by atoms with Gasteiger partial charge in [-0.05, 0) is 19.8 Å². The van der Waals surface area contributed by atoms with Crippen molar-refractivity contribution in [2.24, 2.45) is 0 Å². The number of nitrogens with zero attached hydrogens (tertiary/aromatic N) is 1. The van der Waals surface area contributed by atoms with Crippen LogP contribution in [-0.2, 0) is 14.3 Å². The minimum absolute atomic E-state index is 0.386. The summed E-state index contributed by atoms with van der Waals surface area (Å²) in [5.41, 5.74) is 0. The fraction of sp³-hybridized carbons (Fsp3) is 0.700. The number of amides is 2. The van der Waals surface area contributed by atoms with Crippen molar-refractivity contribution in [3.63, 3.8) is 0 Å². The fourth-order valence-corrected chi connectivity index (χ4v) is 1.77. The first-order valence-corrected chi connectivity index (χ1v) is 5.35. The third-order valence-corrected chi connectivity index (χ3v) is 2.69. The van der Waals surface area contributed by atoms with Crippen molar-refractivity contribution in [2.75, 3.05) is 13.7 Å². The Labute approximate surface area is 98.7 Å². The molecule has 0 aromatic rings. The summed E-state index contributed by atoms with van der Waals surface area (Å²) in [5.74, 6) is -1.59. The van der Waals surface area contributed by atoms with E-state index in [1.165, 1.54) is 18.9 Å². The number of carboxylic acid groups (broad SMARTS) is 1. The number of methoxy groups -OCH3 is 1. The van der Waals surface area contributed by atoms with Crippen molar-refractivity contribution in [1.82, 2.24) is 10.2 Å². The van der Waals surface area contributed by atoms with Crippen molar-refractivity contribution in [3.05, 3.63) is 0 Å². The molecule has 2 amide bonds. The molecule has 7 heteroatoms. The number of ether oxygens (including phenoxy) is 1. The lowest BCUT2D eigenvalue weighted by Crippen LogP contribution is -2.50. The molecule has 0 aliphatic carbocycles. The first kappa shape index (κ1) is 13.3. The predicted molar refractivity (Wildman–Crippen MR) is 57.4 cm³/mol. The molecule has 1 aliphatic heterocycles. The first-order valence-electron chi connectivity index (χ1n) is 5.35. The molecule has 0 bridgehead atoms. The second-order valence-corrected chi connectivity index (χ2v) is 3.88. The van der Waals surface area contributed by atoms with Crippen LogP contribution >= 0.6 is 0 Å². The second-order valence-electron chi connectivity index (χ2n) is 3.88. The number of likely N-dealkylation sites (tertiary alicyclic amines) is 1. The number of esters is 1. The molecule has 1 heterocycles. The first-order chi connectivity index (χ1) is 7.97. The summed E-state index contributed by atoms with van der Waals surface area (Å²) in [6.45, 7) is 1.87. The highest BCUT2D eigenvalue weighted by atomic mass is 16.5. The zero-order valence-electron chi connectivity index (χ0n) is 9.80. The Hall–Kier alpha value is -1.79. The maximum absolute atomic E-state index is 11.7. The number of urea groups is 1. The molecule has 0 spiro atoms. The van der Waals surface area contributed by atoms with Crippen LogP contribution in [0.2, 0.25) is 0 Å². The van der Waals surface area contributed by atoms with E-state index in [1.807, 2.05) is 0 Å². The summed E-state index contributed by atoms with van der Waals surface area (Å²) in [6.07, 6.45) is 1.09. The number of carbonyl (C=O) groups excluding carboxylic acids is 2. The molecule has 96 valence electrons. The number of aliphatic carboxylic acids is 1. The zero-order chi connectivity index (χ0) is 13.0. The van der Waals surface area contributed by atoms with Gasteiger partial charge in [0.2, 0.25) is 0 Å². The largest absolute Gasteiger partial charge is 0.480 e. The number of hydrogen-bond acceptors (Lipinski definition) is 4. The highest BCUT2D eigenvalue weighted by Crippen LogP contribution is 2.17. The Kier molecular flexibility index (Phi) is 4.30. The van der Waals surface area contributed by atoms with Crippen molar-refractivity contribution in [2.45, 2.75) is 31.8 Å². The van der Waals surface area contributed by atoms with Gasteiger partial charge in [-0.1, -0.05) is 0 Å². The minimum Gasteiger partial charge on any atom is -0.480 e. The van der Waals surface area contributed by atoms with Crippen LogP contribution < -0.4 is 5.32 Å². The topological polar surface area (TPSA) is 95.9 Å². The van der Waals surface area contributed by atoms with Crippen molar-refractivity contribution in [3.8, 4) is 0 Å². The van der Waals surface area contributed by atoms with Crippen LogP contribution in [-0.4, -0.2) is 53.7 Å². The quantitative estimate of drug-likeness (QED) is 0.670. The van der Waals surface area contributed by atoms with E-state index in [4.69, 9.17) is 5.11 Å². The predicted octanol–water partition coefficient (Wildman–Crippen LogP) is -0.194. The Bertz CT molecular complexity index is 331. The van der Waals surface area contributed by atoms with Crippen LogP contribution in [0, 0.1) is 0 Å². The molecule has 1 aliphatic rings. The van der Waals surface area contributed by atoms with Gasteiger partial charge in [-0.2, -0.15) is 0 Å². The highest BCUT2D eigenvalue weighted by Gasteiger charge is 2.34.